The van der Waals surface area contributed by atoms with E-state index < -0.39 is 59.5 Å². The van der Waals surface area contributed by atoms with E-state index >= 15 is 0 Å². The first-order chi connectivity index (χ1) is 68.3. The van der Waals surface area contributed by atoms with Gasteiger partial charge in [0.15, 0.2) is 0 Å². The van der Waals surface area contributed by atoms with Crippen LogP contribution in [-0.2, 0) is 78.0 Å². The van der Waals surface area contributed by atoms with E-state index in [1.807, 2.05) is 191 Å². The molecule has 770 valence electrons. The lowest BCUT2D eigenvalue weighted by Crippen LogP contribution is -2.10. The van der Waals surface area contributed by atoms with Gasteiger partial charge in [-0.1, -0.05) is 397 Å². The molecule has 0 atom stereocenters. The molecule has 0 bridgehead atoms. The Morgan fingerprint density at radius 1 is 0.342 bits per heavy atom. The van der Waals surface area contributed by atoms with Crippen LogP contribution in [0.15, 0.2) is 308 Å². The quantitative estimate of drug-likeness (QED) is 0.0142. The number of carboxylic acids is 8. The standard InChI is InChI=1S/C20H19F3O2.C20H22O3.C17H16O2.C17H24O2.C15H20O2.C14H18O2.C13H14O2.C9H7ClO2/c1-19(2,3)15-8-4-13(5-9-15)17(12-18(24)25)14-6-10-16(11-7-14)20(21,22)23;1-20(2,3)16-9-5-14(6-10-16)18(13-19(21)22)15-7-11-17(23-4)12-8-15;1-12-3-7-14(8-4-12)16(11-17(18)19)15-9-5-13(2)6-10-15;1-2-3-4-5-6-7-8-15-9-11-16(12-10-15)13-14-17(18)19;1-5-12(14(16)17)10-11-6-8-13(9-7-11)15(2,3)4;1-10(13(15)16)9-11-5-7-12(8-6-11)14(2,3)4;1-13(2,3)11-7-4-10(5-8-11)6-9-12(14)15;10-8-4-1-7(2-5-8)3-6-9(11)12/h4-12H,1-3H3,(H,24,25);5-13H,1-4H3,(H,21,22);3-11H,1-2H3,(H,18,19);9-14H,2-8H2,1H3,(H,18,19);6-10H,5H2,1-4H3,(H,16,17);5-9H,1-4H3,(H,15,16);4-5,7-8H,1-3H3,(H,14,15);1-6H,(H,11,12)/b17-12+;18-13+;;14-13+;12-10+;10-9+;;6-3+. The molecule has 0 aromatic heterocycles. The van der Waals surface area contributed by atoms with Crippen LogP contribution < -0.4 is 4.74 Å². The van der Waals surface area contributed by atoms with Crippen molar-refractivity contribution in [2.45, 2.75) is 223 Å². The van der Waals surface area contributed by atoms with Crippen LogP contribution in [0.25, 0.3) is 41.0 Å². The minimum absolute atomic E-state index is 0.0520. The molecule has 11 aromatic rings. The Hall–Kier alpha value is -15.2. The van der Waals surface area contributed by atoms with Gasteiger partial charge in [-0.05, 0) is 246 Å². The van der Waals surface area contributed by atoms with Crippen molar-refractivity contribution >= 4 is 100 Å². The number of aryl methyl sites for hydroxylation is 3. The monoisotopic (exact) mass is 2000 g/mol. The summed E-state index contributed by atoms with van der Waals surface area (Å²) >= 11 is 5.63. The average molecular weight is 2010 g/mol. The summed E-state index contributed by atoms with van der Waals surface area (Å²) in [7, 11) is 1.61. The zero-order valence-electron chi connectivity index (χ0n) is 87.5. The Labute approximate surface area is 864 Å². The van der Waals surface area contributed by atoms with Gasteiger partial charge in [0.05, 0.1) is 12.7 Å². The van der Waals surface area contributed by atoms with Gasteiger partial charge in [-0.2, -0.15) is 13.2 Å². The van der Waals surface area contributed by atoms with E-state index in [9.17, 15) is 56.6 Å². The molecule has 11 rings (SSSR count). The first-order valence-electron chi connectivity index (χ1n) is 47.9. The Bertz CT molecular complexity index is 6230. The number of aliphatic carboxylic acids is 8. The van der Waals surface area contributed by atoms with E-state index in [0.29, 0.717) is 44.9 Å². The second-order valence-corrected chi connectivity index (χ2v) is 40.1. The highest BCUT2D eigenvalue weighted by Gasteiger charge is 2.30. The van der Waals surface area contributed by atoms with Crippen molar-refractivity contribution in [3.63, 3.8) is 0 Å². The van der Waals surface area contributed by atoms with Gasteiger partial charge in [0.2, 0.25) is 0 Å². The number of methoxy groups -OCH3 is 1. The van der Waals surface area contributed by atoms with Crippen molar-refractivity contribution in [2.75, 3.05) is 7.11 Å². The number of halogens is 4. The van der Waals surface area contributed by atoms with Gasteiger partial charge in [-0.15, -0.1) is 0 Å². The fourth-order valence-corrected chi connectivity index (χ4v) is 13.9. The van der Waals surface area contributed by atoms with Crippen LogP contribution in [-0.4, -0.2) is 95.7 Å². The molecule has 0 aliphatic heterocycles. The topological polar surface area (TPSA) is 308 Å². The minimum Gasteiger partial charge on any atom is -0.497 e. The number of hydrogen-bond acceptors (Lipinski definition) is 9. The number of carbonyl (C=O) groups is 8. The second kappa shape index (κ2) is 59.8. The molecule has 0 heterocycles. The number of carboxylic acid groups (broad SMARTS) is 8. The van der Waals surface area contributed by atoms with E-state index in [1.165, 1.54) is 103 Å². The highest BCUT2D eigenvalue weighted by molar-refractivity contribution is 6.30. The molecule has 0 aliphatic rings. The maximum Gasteiger partial charge on any atom is 0.416 e. The Kier molecular flexibility index (Phi) is 50.4. The number of benzene rings is 11. The molecule has 146 heavy (non-hydrogen) atoms. The summed E-state index contributed by atoms with van der Waals surface area (Å²) in [6, 6.07) is 81.8. The summed E-state index contributed by atoms with van der Waals surface area (Å²) in [5.74, 6) is -2.33. The third-order valence-electron chi connectivity index (χ3n) is 22.4. The van der Waals surface area contributed by atoms with Crippen LogP contribution in [0.4, 0.5) is 13.2 Å². The van der Waals surface area contributed by atoms with Crippen LogP contribution in [0.3, 0.4) is 0 Å². The molecule has 8 N–H and O–H groups in total. The molecule has 0 radical (unpaired) electrons. The van der Waals surface area contributed by atoms with Crippen LogP contribution in [0.1, 0.15) is 281 Å². The highest BCUT2D eigenvalue weighted by atomic mass is 35.5. The Morgan fingerprint density at radius 3 is 0.918 bits per heavy atom. The normalized spacial score (nSPS) is 11.6. The molecule has 21 heteroatoms. The number of hydrogen-bond donors (Lipinski definition) is 8. The summed E-state index contributed by atoms with van der Waals surface area (Å²) < 4.78 is 43.3. The van der Waals surface area contributed by atoms with E-state index in [2.05, 4.69) is 159 Å². The van der Waals surface area contributed by atoms with Crippen molar-refractivity contribution in [1.82, 2.24) is 0 Å². The Balaban J connectivity index is 0.000000350. The fourth-order valence-electron chi connectivity index (χ4n) is 13.7. The summed E-state index contributed by atoms with van der Waals surface area (Å²) in [6.07, 6.45) is 17.4. The number of unbranched alkanes of at least 4 members (excludes halogenated alkanes) is 5. The van der Waals surface area contributed by atoms with E-state index in [1.54, 1.807) is 68.7 Å². The fraction of sp³-hybridized carbons (Fsp3) is 0.280. The van der Waals surface area contributed by atoms with Gasteiger partial charge in [0.25, 0.3) is 0 Å². The average Bonchev–Trinajstić information content (AvgIpc) is 0.845. The summed E-state index contributed by atoms with van der Waals surface area (Å²) in [5, 5.41) is 70.9. The van der Waals surface area contributed by atoms with Crippen molar-refractivity contribution in [2.24, 2.45) is 0 Å². The van der Waals surface area contributed by atoms with Crippen molar-refractivity contribution < 1.29 is 97.1 Å². The molecular weight excluding hydrogens is 1870 g/mol. The molecule has 0 unspecified atom stereocenters. The smallest absolute Gasteiger partial charge is 0.416 e. The van der Waals surface area contributed by atoms with Crippen LogP contribution in [0.2, 0.25) is 5.02 Å². The minimum atomic E-state index is -4.43. The zero-order valence-corrected chi connectivity index (χ0v) is 88.3. The van der Waals surface area contributed by atoms with Gasteiger partial charge >= 0.3 is 53.9 Å². The summed E-state index contributed by atoms with van der Waals surface area (Å²) in [4.78, 5) is 85.7. The zero-order chi connectivity index (χ0) is 109. The molecule has 17 nitrogen and oxygen atoms in total. The number of ether oxygens (including phenoxy) is 1. The van der Waals surface area contributed by atoms with E-state index in [4.69, 9.17) is 52.1 Å². The molecular formula is C125H140ClF3O17. The molecule has 11 aromatic carbocycles. The SMILES string of the molecule is C/C(=C\c1ccc(C(C)(C)C)cc1)C(=O)O.CC(C)(C)c1ccc(/C(=C\C(=O)O)c2ccc(C(F)(F)F)cc2)cc1.CC(C)(C)c1ccc(C#CC(=O)O)cc1.CC/C(=C\c1ccc(C(C)(C)C)cc1)C(=O)O.CCCCCCCCc1ccc(/C=C/C(=O)O)cc1.COc1ccc(/C(=C/C(=O)O)c2ccc(C(C)(C)C)cc2)cc1.Cc1ccc(C(=CC(=O)O)c2ccc(C)cc2)cc1.O=C(O)/C=C/c1ccc(Cl)cc1. The molecule has 0 aliphatic carbocycles. The van der Waals surface area contributed by atoms with Gasteiger partial charge in [0, 0.05) is 58.0 Å². The first-order valence-corrected chi connectivity index (χ1v) is 48.3. The third-order valence-corrected chi connectivity index (χ3v) is 22.7. The van der Waals surface area contributed by atoms with E-state index in [0.717, 1.165) is 109 Å². The predicted octanol–water partition coefficient (Wildman–Crippen LogP) is 30.7. The number of rotatable bonds is 26. The van der Waals surface area contributed by atoms with Gasteiger partial charge in [-0.3, -0.25) is 0 Å². The molecule has 0 amide bonds. The largest absolute Gasteiger partial charge is 0.497 e. The van der Waals surface area contributed by atoms with Crippen LogP contribution in [0, 0.1) is 25.7 Å². The maximum atomic E-state index is 12.7. The van der Waals surface area contributed by atoms with Crippen LogP contribution in [0.5, 0.6) is 5.75 Å². The second-order valence-electron chi connectivity index (χ2n) is 39.6. The predicted molar refractivity (Wildman–Crippen MR) is 587 cm³/mol. The maximum absolute atomic E-state index is 12.7. The molecule has 0 saturated carbocycles. The lowest BCUT2D eigenvalue weighted by Gasteiger charge is -2.19. The highest BCUT2D eigenvalue weighted by Crippen LogP contribution is 2.36. The van der Waals surface area contributed by atoms with Gasteiger partial charge in [-0.25, -0.2) is 38.4 Å². The lowest BCUT2D eigenvalue weighted by atomic mass is 9.85. The van der Waals surface area contributed by atoms with Crippen LogP contribution >= 0.6 is 11.6 Å². The van der Waals surface area contributed by atoms with Crippen molar-refractivity contribution in [3.05, 3.63) is 425 Å². The molecule has 0 saturated heterocycles. The van der Waals surface area contributed by atoms with Gasteiger partial charge < -0.3 is 45.6 Å². The molecule has 0 fully saturated rings. The first kappa shape index (κ1) is 123. The lowest BCUT2D eigenvalue weighted by molar-refractivity contribution is -0.138. The van der Waals surface area contributed by atoms with E-state index in [-0.39, 0.29) is 27.1 Å². The van der Waals surface area contributed by atoms with Crippen molar-refractivity contribution in [3.8, 4) is 17.6 Å². The third kappa shape index (κ3) is 47.8. The number of alkyl halides is 3. The summed E-state index contributed by atoms with van der Waals surface area (Å²) in [5.41, 5.74) is 20.8. The van der Waals surface area contributed by atoms with Gasteiger partial charge in [0.1, 0.15) is 5.75 Å². The van der Waals surface area contributed by atoms with Crippen molar-refractivity contribution in [1.29, 1.82) is 0 Å². The molecule has 0 spiro atoms. The summed E-state index contributed by atoms with van der Waals surface area (Å²) in [6.45, 7) is 41.7. The Morgan fingerprint density at radius 2 is 0.630 bits per heavy atom.